The average Bonchev–Trinajstić information content (AvgIpc) is 2.82. The zero-order valence-electron chi connectivity index (χ0n) is 22.3. The van der Waals surface area contributed by atoms with Crippen molar-refractivity contribution in [3.05, 3.63) is 59.2 Å². The summed E-state index contributed by atoms with van der Waals surface area (Å²) in [5.41, 5.74) is 6.76. The number of amides is 2. The van der Waals surface area contributed by atoms with E-state index in [1.807, 2.05) is 12.1 Å². The number of carbonyl (C=O) groups excluding carboxylic acids is 2. The van der Waals surface area contributed by atoms with E-state index in [1.54, 1.807) is 18.3 Å². The van der Waals surface area contributed by atoms with Gasteiger partial charge < -0.3 is 10.1 Å². The molecular weight excluding hydrogens is 438 g/mol. The van der Waals surface area contributed by atoms with Crippen LogP contribution in [0.4, 0.5) is 5.69 Å². The molecule has 6 nitrogen and oxygen atoms in total. The first-order valence-electron chi connectivity index (χ1n) is 12.5. The van der Waals surface area contributed by atoms with Crippen molar-refractivity contribution in [3.8, 4) is 5.75 Å². The van der Waals surface area contributed by atoms with Crippen molar-refractivity contribution in [3.63, 3.8) is 0 Å². The van der Waals surface area contributed by atoms with Gasteiger partial charge in [0.1, 0.15) is 5.75 Å². The Balaban J connectivity index is 1.88. The van der Waals surface area contributed by atoms with E-state index < -0.39 is 0 Å². The summed E-state index contributed by atoms with van der Waals surface area (Å²) in [4.78, 5) is 23.2. The highest BCUT2D eigenvalue weighted by atomic mass is 16.5. The summed E-state index contributed by atoms with van der Waals surface area (Å²) in [6.07, 6.45) is 4.58. The molecule has 0 radical (unpaired) electrons. The van der Waals surface area contributed by atoms with Gasteiger partial charge in [-0.2, -0.15) is 5.10 Å². The Morgan fingerprint density at radius 2 is 1.63 bits per heavy atom. The molecule has 0 atom stereocenters. The molecule has 0 saturated heterocycles. The van der Waals surface area contributed by atoms with Crippen LogP contribution < -0.4 is 15.5 Å². The predicted molar refractivity (Wildman–Crippen MR) is 144 cm³/mol. The fourth-order valence-corrected chi connectivity index (χ4v) is 3.51. The van der Waals surface area contributed by atoms with Gasteiger partial charge in [0.15, 0.2) is 0 Å². The summed E-state index contributed by atoms with van der Waals surface area (Å²) in [5, 5.41) is 6.72. The highest BCUT2D eigenvalue weighted by Gasteiger charge is 2.26. The van der Waals surface area contributed by atoms with Crippen LogP contribution in [0, 0.1) is 0 Å². The van der Waals surface area contributed by atoms with E-state index >= 15 is 0 Å². The van der Waals surface area contributed by atoms with E-state index in [1.165, 1.54) is 18.1 Å². The first kappa shape index (κ1) is 28.1. The zero-order chi connectivity index (χ0) is 26.1. The smallest absolute Gasteiger partial charge is 0.240 e. The van der Waals surface area contributed by atoms with Gasteiger partial charge in [-0.1, -0.05) is 65.8 Å². The van der Waals surface area contributed by atoms with E-state index in [0.29, 0.717) is 25.1 Å². The third-order valence-corrected chi connectivity index (χ3v) is 6.70. The molecule has 190 valence electrons. The number of benzene rings is 2. The van der Waals surface area contributed by atoms with Crippen molar-refractivity contribution in [2.24, 2.45) is 5.10 Å². The van der Waals surface area contributed by atoms with E-state index in [4.69, 9.17) is 4.74 Å². The van der Waals surface area contributed by atoms with Gasteiger partial charge in [0, 0.05) is 24.6 Å². The Morgan fingerprint density at radius 3 is 2.23 bits per heavy atom. The molecule has 0 saturated carbocycles. The van der Waals surface area contributed by atoms with E-state index in [2.05, 4.69) is 75.6 Å². The summed E-state index contributed by atoms with van der Waals surface area (Å²) in [7, 11) is 0. The maximum absolute atomic E-state index is 12.2. The van der Waals surface area contributed by atoms with Crippen molar-refractivity contribution in [2.45, 2.75) is 85.0 Å². The zero-order valence-corrected chi connectivity index (χ0v) is 22.3. The molecule has 2 N–H and O–H groups in total. The van der Waals surface area contributed by atoms with Crippen LogP contribution >= 0.6 is 0 Å². The number of rotatable bonds is 12. The highest BCUT2D eigenvalue weighted by Crippen LogP contribution is 2.38. The molecule has 6 heteroatoms. The van der Waals surface area contributed by atoms with Crippen LogP contribution in [0.15, 0.2) is 47.6 Å². The lowest BCUT2D eigenvalue weighted by molar-refractivity contribution is -0.121. The van der Waals surface area contributed by atoms with Crippen LogP contribution in [-0.2, 0) is 20.4 Å². The molecule has 2 aromatic carbocycles. The molecule has 0 aromatic heterocycles. The fraction of sp³-hybridized carbons (Fsp3) is 0.483. The van der Waals surface area contributed by atoms with Crippen LogP contribution in [-0.4, -0.2) is 24.6 Å². The van der Waals surface area contributed by atoms with E-state index in [0.717, 1.165) is 24.2 Å². The molecule has 35 heavy (non-hydrogen) atoms. The maximum atomic E-state index is 12.2. The number of anilines is 1. The third-order valence-electron chi connectivity index (χ3n) is 6.70. The van der Waals surface area contributed by atoms with Crippen LogP contribution in [0.2, 0.25) is 0 Å². The first-order chi connectivity index (χ1) is 16.5. The van der Waals surface area contributed by atoms with Crippen molar-refractivity contribution < 1.29 is 14.3 Å². The second kappa shape index (κ2) is 12.5. The van der Waals surface area contributed by atoms with Gasteiger partial charge >= 0.3 is 0 Å². The highest BCUT2D eigenvalue weighted by molar-refractivity contribution is 5.89. The van der Waals surface area contributed by atoms with Crippen molar-refractivity contribution in [2.75, 3.05) is 11.9 Å². The van der Waals surface area contributed by atoms with Crippen molar-refractivity contribution in [1.82, 2.24) is 5.43 Å². The minimum atomic E-state index is -0.158. The average molecular weight is 480 g/mol. The van der Waals surface area contributed by atoms with E-state index in [9.17, 15) is 9.59 Å². The summed E-state index contributed by atoms with van der Waals surface area (Å²) in [5.74, 6) is 0.618. The molecule has 2 aromatic rings. The second-order valence-corrected chi connectivity index (χ2v) is 10.2. The molecule has 0 aliphatic carbocycles. The van der Waals surface area contributed by atoms with Gasteiger partial charge in [0.25, 0.3) is 0 Å². The van der Waals surface area contributed by atoms with Gasteiger partial charge in [-0.25, -0.2) is 5.43 Å². The SMILES string of the molecule is CCC(C)(C)c1ccc(OCCCC(=O)NN=Cc2ccc(NC(C)=O)cc2)c(C(C)(C)CC)c1. The van der Waals surface area contributed by atoms with Crippen molar-refractivity contribution in [1.29, 1.82) is 0 Å². The number of hydrazone groups is 1. The number of hydrogen-bond donors (Lipinski definition) is 2. The molecule has 2 rings (SSSR count). The quantitative estimate of drug-likeness (QED) is 0.212. The number of carbonyl (C=O) groups is 2. The molecule has 0 bridgehead atoms. The van der Waals surface area contributed by atoms with Crippen LogP contribution in [0.3, 0.4) is 0 Å². The lowest BCUT2D eigenvalue weighted by Gasteiger charge is -2.30. The largest absolute Gasteiger partial charge is 0.493 e. The lowest BCUT2D eigenvalue weighted by Crippen LogP contribution is -2.21. The molecule has 0 aliphatic heterocycles. The summed E-state index contributed by atoms with van der Waals surface area (Å²) < 4.78 is 6.14. The van der Waals surface area contributed by atoms with Gasteiger partial charge in [-0.15, -0.1) is 0 Å². The van der Waals surface area contributed by atoms with Gasteiger partial charge in [0.05, 0.1) is 12.8 Å². The predicted octanol–water partition coefficient (Wildman–Crippen LogP) is 6.33. The first-order valence-corrected chi connectivity index (χ1v) is 12.5. The normalized spacial score (nSPS) is 12.0. The monoisotopic (exact) mass is 479 g/mol. The van der Waals surface area contributed by atoms with Gasteiger partial charge in [0.2, 0.25) is 11.8 Å². The third kappa shape index (κ3) is 8.53. The van der Waals surface area contributed by atoms with Crippen LogP contribution in [0.1, 0.15) is 90.8 Å². The van der Waals surface area contributed by atoms with Crippen LogP contribution in [0.5, 0.6) is 5.75 Å². The second-order valence-electron chi connectivity index (χ2n) is 10.2. The van der Waals surface area contributed by atoms with Crippen LogP contribution in [0.25, 0.3) is 0 Å². The lowest BCUT2D eigenvalue weighted by atomic mass is 9.76. The Morgan fingerprint density at radius 1 is 0.971 bits per heavy atom. The number of nitrogens with one attached hydrogen (secondary N) is 2. The summed E-state index contributed by atoms with van der Waals surface area (Å²) in [6, 6.07) is 13.7. The molecule has 0 heterocycles. The number of nitrogens with zero attached hydrogens (tertiary/aromatic N) is 1. The Kier molecular flexibility index (Phi) is 10.1. The Labute approximate surface area is 210 Å². The number of ether oxygens (including phenoxy) is 1. The maximum Gasteiger partial charge on any atom is 0.240 e. The Hall–Kier alpha value is -3.15. The minimum Gasteiger partial charge on any atom is -0.493 e. The molecule has 0 fully saturated rings. The van der Waals surface area contributed by atoms with E-state index in [-0.39, 0.29) is 22.6 Å². The molecule has 0 unspecified atom stereocenters. The number of hydrogen-bond acceptors (Lipinski definition) is 4. The molecule has 0 spiro atoms. The topological polar surface area (TPSA) is 79.8 Å². The van der Waals surface area contributed by atoms with Crippen molar-refractivity contribution >= 4 is 23.7 Å². The molecule has 0 aliphatic rings. The fourth-order valence-electron chi connectivity index (χ4n) is 3.51. The molecule has 2 amide bonds. The molecular formula is C29H41N3O3. The summed E-state index contributed by atoms with van der Waals surface area (Å²) in [6.45, 7) is 15.4. The van der Waals surface area contributed by atoms with Gasteiger partial charge in [-0.3, -0.25) is 9.59 Å². The summed E-state index contributed by atoms with van der Waals surface area (Å²) >= 11 is 0. The minimum absolute atomic E-state index is 0.00158. The van der Waals surface area contributed by atoms with Gasteiger partial charge in [-0.05, 0) is 59.4 Å². The standard InChI is InChI=1S/C29H41N3O3/c1-8-28(4,5)23-14-17-26(25(19-23)29(6,7)9-2)35-18-10-11-27(34)32-30-20-22-12-15-24(16-13-22)31-21(3)33/h12-17,19-20H,8-11,18H2,1-7H3,(H,31,33)(H,32,34). The Bertz CT molecular complexity index is 1020.